The van der Waals surface area contributed by atoms with Crippen LogP contribution in [0.25, 0.3) is 6.08 Å². The van der Waals surface area contributed by atoms with E-state index in [0.29, 0.717) is 24.5 Å². The first kappa shape index (κ1) is 24.6. The third kappa shape index (κ3) is 6.70. The molecular formula is C23H27NO8S. The summed E-state index contributed by atoms with van der Waals surface area (Å²) in [7, 11) is -0.767. The molecule has 3 rings (SSSR count). The van der Waals surface area contributed by atoms with Crippen LogP contribution in [0.2, 0.25) is 0 Å². The molecule has 0 N–H and O–H groups in total. The Balaban J connectivity index is 1.57. The highest BCUT2D eigenvalue weighted by atomic mass is 32.2. The first-order valence-electron chi connectivity index (χ1n) is 10.3. The van der Waals surface area contributed by atoms with Gasteiger partial charge in [-0.3, -0.25) is 0 Å². The molecule has 0 aromatic heterocycles. The van der Waals surface area contributed by atoms with Crippen LogP contribution in [0.4, 0.5) is 0 Å². The van der Waals surface area contributed by atoms with Gasteiger partial charge >= 0.3 is 5.97 Å². The van der Waals surface area contributed by atoms with E-state index in [-0.39, 0.29) is 36.9 Å². The number of rotatable bonds is 10. The summed E-state index contributed by atoms with van der Waals surface area (Å²) >= 11 is 0. The van der Waals surface area contributed by atoms with Gasteiger partial charge in [-0.15, -0.1) is 0 Å². The number of morpholine rings is 1. The highest BCUT2D eigenvalue weighted by molar-refractivity contribution is 7.89. The lowest BCUT2D eigenvalue weighted by atomic mass is 10.2. The number of ether oxygens (including phenoxy) is 5. The molecule has 0 bridgehead atoms. The third-order valence-electron chi connectivity index (χ3n) is 4.84. The molecule has 33 heavy (non-hydrogen) atoms. The normalized spacial score (nSPS) is 14.7. The molecule has 178 valence electrons. The molecule has 0 radical (unpaired) electrons. The van der Waals surface area contributed by atoms with E-state index < -0.39 is 16.0 Å². The Labute approximate surface area is 193 Å². The van der Waals surface area contributed by atoms with Gasteiger partial charge in [0.2, 0.25) is 10.0 Å². The molecule has 0 saturated carbocycles. The predicted molar refractivity (Wildman–Crippen MR) is 121 cm³/mol. The summed E-state index contributed by atoms with van der Waals surface area (Å²) in [5.41, 5.74) is 0.522. The van der Waals surface area contributed by atoms with Gasteiger partial charge in [0.15, 0.2) is 0 Å². The molecule has 1 heterocycles. The quantitative estimate of drug-likeness (QED) is 0.292. The average molecular weight is 478 g/mol. The molecule has 9 nitrogen and oxygen atoms in total. The number of esters is 1. The van der Waals surface area contributed by atoms with Crippen LogP contribution in [0.5, 0.6) is 17.2 Å². The fourth-order valence-corrected chi connectivity index (χ4v) is 4.71. The van der Waals surface area contributed by atoms with Crippen LogP contribution in [-0.4, -0.2) is 72.4 Å². The maximum atomic E-state index is 13.0. The lowest BCUT2D eigenvalue weighted by Crippen LogP contribution is -2.40. The van der Waals surface area contributed by atoms with Crippen molar-refractivity contribution in [1.82, 2.24) is 4.31 Å². The fraction of sp³-hybridized carbons (Fsp3) is 0.348. The van der Waals surface area contributed by atoms with Gasteiger partial charge in [-0.25, -0.2) is 13.2 Å². The number of sulfonamides is 1. The third-order valence-corrected chi connectivity index (χ3v) is 6.76. The number of carbonyl (C=O) groups excluding carboxylic acids is 1. The second kappa shape index (κ2) is 11.7. The molecule has 0 spiro atoms. The summed E-state index contributed by atoms with van der Waals surface area (Å²) in [6.07, 6.45) is 2.73. The molecule has 10 heteroatoms. The Hall–Kier alpha value is -3.08. The van der Waals surface area contributed by atoms with Crippen LogP contribution < -0.4 is 14.2 Å². The lowest BCUT2D eigenvalue weighted by Gasteiger charge is -2.26. The Bertz CT molecular complexity index is 1060. The van der Waals surface area contributed by atoms with Gasteiger partial charge in [-0.05, 0) is 48.0 Å². The smallest absolute Gasteiger partial charge is 0.330 e. The first-order valence-corrected chi connectivity index (χ1v) is 11.8. The van der Waals surface area contributed by atoms with Crippen LogP contribution >= 0.6 is 0 Å². The van der Waals surface area contributed by atoms with E-state index in [2.05, 4.69) is 0 Å². The van der Waals surface area contributed by atoms with Crippen LogP contribution in [0.15, 0.2) is 53.4 Å². The summed E-state index contributed by atoms with van der Waals surface area (Å²) in [6.45, 7) is 1.49. The van der Waals surface area contributed by atoms with Crippen LogP contribution in [-0.2, 0) is 24.3 Å². The van der Waals surface area contributed by atoms with Crippen molar-refractivity contribution in [1.29, 1.82) is 0 Å². The molecule has 1 aliphatic rings. The molecule has 0 amide bonds. The SMILES string of the molecule is COc1ccc(OCCOC(=O)C=Cc2ccc(OC)c(S(=O)(=O)N3CCOCC3)c2)cc1. The van der Waals surface area contributed by atoms with E-state index in [4.69, 9.17) is 23.7 Å². The van der Waals surface area contributed by atoms with E-state index >= 15 is 0 Å². The number of hydrogen-bond acceptors (Lipinski definition) is 8. The van der Waals surface area contributed by atoms with Crippen LogP contribution in [0.1, 0.15) is 5.56 Å². The van der Waals surface area contributed by atoms with Crippen molar-refractivity contribution >= 4 is 22.1 Å². The fourth-order valence-electron chi connectivity index (χ4n) is 3.11. The van der Waals surface area contributed by atoms with Crippen LogP contribution in [0, 0.1) is 0 Å². The molecule has 0 unspecified atom stereocenters. The van der Waals surface area contributed by atoms with E-state index in [1.807, 2.05) is 0 Å². The van der Waals surface area contributed by atoms with Gasteiger partial charge in [0.1, 0.15) is 35.4 Å². The Morgan fingerprint density at radius 1 is 1.00 bits per heavy atom. The zero-order valence-electron chi connectivity index (χ0n) is 18.6. The average Bonchev–Trinajstić information content (AvgIpc) is 2.86. The van der Waals surface area contributed by atoms with Gasteiger partial charge in [0.05, 0.1) is 27.4 Å². The van der Waals surface area contributed by atoms with Crippen molar-refractivity contribution in [2.45, 2.75) is 4.90 Å². The van der Waals surface area contributed by atoms with Gasteiger partial charge in [0, 0.05) is 19.2 Å². The van der Waals surface area contributed by atoms with Gasteiger partial charge < -0.3 is 23.7 Å². The minimum atomic E-state index is -3.76. The van der Waals surface area contributed by atoms with Gasteiger partial charge in [-0.2, -0.15) is 4.31 Å². The second-order valence-corrected chi connectivity index (χ2v) is 8.86. The molecule has 2 aromatic rings. The molecule has 0 atom stereocenters. The second-order valence-electron chi connectivity index (χ2n) is 6.95. The summed E-state index contributed by atoms with van der Waals surface area (Å²) in [5.74, 6) is 1.02. The Morgan fingerprint density at radius 2 is 1.70 bits per heavy atom. The zero-order chi connectivity index (χ0) is 23.7. The summed E-state index contributed by atoms with van der Waals surface area (Å²) in [4.78, 5) is 12.1. The van der Waals surface area contributed by atoms with Crippen molar-refractivity contribution in [3.05, 3.63) is 54.1 Å². The maximum absolute atomic E-state index is 13.0. The molecule has 1 fully saturated rings. The van der Waals surface area contributed by atoms with Gasteiger partial charge in [0.25, 0.3) is 0 Å². The van der Waals surface area contributed by atoms with Crippen LogP contribution in [0.3, 0.4) is 0 Å². The standard InChI is InChI=1S/C23H27NO8S/c1-28-19-5-7-20(8-6-19)31-15-16-32-23(25)10-4-18-3-9-21(29-2)22(17-18)33(26,27)24-11-13-30-14-12-24/h3-10,17H,11-16H2,1-2H3. The predicted octanol–water partition coefficient (Wildman–Crippen LogP) is 2.36. The maximum Gasteiger partial charge on any atom is 0.330 e. The van der Waals surface area contributed by atoms with E-state index in [1.165, 1.54) is 29.6 Å². The van der Waals surface area contributed by atoms with Crippen molar-refractivity contribution in [3.63, 3.8) is 0 Å². The zero-order valence-corrected chi connectivity index (χ0v) is 19.4. The lowest BCUT2D eigenvalue weighted by molar-refractivity contribution is -0.138. The summed E-state index contributed by atoms with van der Waals surface area (Å²) < 4.78 is 53.6. The van der Waals surface area contributed by atoms with Crippen molar-refractivity contribution in [2.24, 2.45) is 0 Å². The summed E-state index contributed by atoms with van der Waals surface area (Å²) in [5, 5.41) is 0. The topological polar surface area (TPSA) is 101 Å². The molecule has 0 aliphatic carbocycles. The van der Waals surface area contributed by atoms with Gasteiger partial charge in [-0.1, -0.05) is 6.07 Å². The number of methoxy groups -OCH3 is 2. The van der Waals surface area contributed by atoms with E-state index in [1.54, 1.807) is 43.5 Å². The minimum absolute atomic E-state index is 0.0373. The first-order chi connectivity index (χ1) is 15.9. The number of nitrogens with zero attached hydrogens (tertiary/aromatic N) is 1. The monoisotopic (exact) mass is 477 g/mol. The van der Waals surface area contributed by atoms with Crippen molar-refractivity contribution < 1.29 is 36.9 Å². The minimum Gasteiger partial charge on any atom is -0.497 e. The number of hydrogen-bond donors (Lipinski definition) is 0. The molecular weight excluding hydrogens is 450 g/mol. The number of carbonyl (C=O) groups is 1. The molecule has 1 saturated heterocycles. The molecule has 1 aliphatic heterocycles. The largest absolute Gasteiger partial charge is 0.497 e. The number of benzene rings is 2. The highest BCUT2D eigenvalue weighted by Gasteiger charge is 2.29. The van der Waals surface area contributed by atoms with E-state index in [9.17, 15) is 13.2 Å². The molecule has 2 aromatic carbocycles. The van der Waals surface area contributed by atoms with Crippen molar-refractivity contribution in [3.8, 4) is 17.2 Å². The van der Waals surface area contributed by atoms with Crippen molar-refractivity contribution in [2.75, 3.05) is 53.7 Å². The van der Waals surface area contributed by atoms with E-state index in [0.717, 1.165) is 5.75 Å². The summed E-state index contributed by atoms with van der Waals surface area (Å²) in [6, 6.07) is 11.7. The Kier molecular flexibility index (Phi) is 8.70. The highest BCUT2D eigenvalue weighted by Crippen LogP contribution is 2.29. The Morgan fingerprint density at radius 3 is 2.36 bits per heavy atom.